The number of allylic oxidation sites excluding steroid dienone is 7. The lowest BCUT2D eigenvalue weighted by atomic mass is 9.87. The van der Waals surface area contributed by atoms with Crippen molar-refractivity contribution in [2.24, 2.45) is 10.9 Å². The molecule has 0 spiro atoms. The Balaban J connectivity index is 1.06. The van der Waals surface area contributed by atoms with E-state index in [1.807, 2.05) is 0 Å². The van der Waals surface area contributed by atoms with Gasteiger partial charge in [-0.15, -0.1) is 0 Å². The molecule has 2 heterocycles. The first-order valence-corrected chi connectivity index (χ1v) is 24.9. The predicted molar refractivity (Wildman–Crippen MR) is 297 cm³/mol. The van der Waals surface area contributed by atoms with Crippen LogP contribution < -0.4 is 0 Å². The topological polar surface area (TPSA) is 17.3 Å². The zero-order chi connectivity index (χ0) is 48.0. The van der Waals surface area contributed by atoms with Gasteiger partial charge in [0.15, 0.2) is 0 Å². The second-order valence-corrected chi connectivity index (χ2v) is 19.9. The van der Waals surface area contributed by atoms with Gasteiger partial charge in [-0.25, -0.2) is 0 Å². The molecule has 3 heteroatoms. The Hall–Kier alpha value is -6.71. The lowest BCUT2D eigenvalue weighted by Gasteiger charge is -2.19. The van der Waals surface area contributed by atoms with Crippen LogP contribution in [-0.2, 0) is 6.42 Å². The van der Waals surface area contributed by atoms with Crippen LogP contribution in [0.15, 0.2) is 150 Å². The Morgan fingerprint density at radius 3 is 1.44 bits per heavy atom. The Morgan fingerprint density at radius 1 is 0.529 bits per heavy atom. The van der Waals surface area contributed by atoms with Crippen LogP contribution in [0.4, 0.5) is 0 Å². The molecule has 9 rings (SSSR count). The third-order valence-electron chi connectivity index (χ3n) is 14.7. The highest BCUT2D eigenvalue weighted by Crippen LogP contribution is 2.43. The average Bonchev–Trinajstić information content (AvgIpc) is 3.78. The monoisotopic (exact) mass is 887 g/mol. The van der Waals surface area contributed by atoms with Crippen molar-refractivity contribution in [2.45, 2.75) is 102 Å². The van der Waals surface area contributed by atoms with Gasteiger partial charge in [0.05, 0.1) is 11.4 Å². The Morgan fingerprint density at radius 2 is 0.956 bits per heavy atom. The minimum absolute atomic E-state index is 0.332. The van der Waals surface area contributed by atoms with Crippen LogP contribution in [-0.4, -0.2) is 18.2 Å². The summed E-state index contributed by atoms with van der Waals surface area (Å²) in [6.07, 6.45) is 13.2. The molecule has 1 unspecified atom stereocenters. The maximum absolute atomic E-state index is 5.70. The fourth-order valence-corrected chi connectivity index (χ4v) is 11.7. The second kappa shape index (κ2) is 19.1. The van der Waals surface area contributed by atoms with Gasteiger partial charge in [0, 0.05) is 22.9 Å². The minimum atomic E-state index is 0.332. The van der Waals surface area contributed by atoms with Crippen LogP contribution >= 0.6 is 0 Å². The standard InChI is InChI=1S/C65H67BN2/c1-12-48-37-58(67-64(48)56-28-21-53(22-29-56)52-19-26-55(27-20-52)61-44(8)33-40(4)34-45(61)9)63(62-46(10)35-41(5)36-47(62)11)59-38-49(13-2)65(68(59)66)57-16-14-15-50(23-30-57)51-17-24-54(25-18-51)60-42(6)31-39(3)32-43(60)7/h15-36,38,48H,12-14,37,66H2,1-11H3/b63-58+. The van der Waals surface area contributed by atoms with Gasteiger partial charge in [-0.05, 0) is 194 Å². The van der Waals surface area contributed by atoms with E-state index in [1.165, 1.54) is 145 Å². The van der Waals surface area contributed by atoms with E-state index in [9.17, 15) is 0 Å². The quantitative estimate of drug-likeness (QED) is 0.122. The number of aliphatic imine (C=N–C) groups is 1. The van der Waals surface area contributed by atoms with E-state index < -0.39 is 0 Å². The zero-order valence-corrected chi connectivity index (χ0v) is 42.6. The van der Waals surface area contributed by atoms with Crippen molar-refractivity contribution >= 4 is 30.4 Å². The molecule has 0 N–H and O–H groups in total. The van der Waals surface area contributed by atoms with Crippen molar-refractivity contribution in [1.82, 2.24) is 4.48 Å². The molecule has 0 saturated carbocycles. The smallest absolute Gasteiger partial charge is 0.223 e. The molecule has 0 bridgehead atoms. The summed E-state index contributed by atoms with van der Waals surface area (Å²) in [7, 11) is 2.27. The lowest BCUT2D eigenvalue weighted by molar-refractivity contribution is 0.686. The Labute approximate surface area is 408 Å². The van der Waals surface area contributed by atoms with Crippen molar-refractivity contribution in [1.29, 1.82) is 0 Å². The molecule has 0 fully saturated rings. The van der Waals surface area contributed by atoms with E-state index in [4.69, 9.17) is 4.99 Å². The first kappa shape index (κ1) is 46.4. The lowest BCUT2D eigenvalue weighted by Crippen LogP contribution is -2.10. The van der Waals surface area contributed by atoms with Crippen molar-refractivity contribution in [3.8, 4) is 33.4 Å². The van der Waals surface area contributed by atoms with Gasteiger partial charge in [0.2, 0.25) is 7.98 Å². The molecule has 1 aromatic heterocycles. The van der Waals surface area contributed by atoms with Gasteiger partial charge in [0.1, 0.15) is 0 Å². The number of nitrogens with zero attached hydrogens (tertiary/aromatic N) is 2. The van der Waals surface area contributed by atoms with Gasteiger partial charge >= 0.3 is 0 Å². The summed E-state index contributed by atoms with van der Waals surface area (Å²) in [5.41, 5.74) is 33.3. The molecule has 1 atom stereocenters. The molecule has 340 valence electrons. The van der Waals surface area contributed by atoms with E-state index in [0.29, 0.717) is 5.92 Å². The number of hydrogen-bond donors (Lipinski definition) is 0. The van der Waals surface area contributed by atoms with Crippen LogP contribution in [0.1, 0.15) is 117 Å². The molecule has 0 saturated heterocycles. The van der Waals surface area contributed by atoms with Gasteiger partial charge in [-0.1, -0.05) is 164 Å². The third kappa shape index (κ3) is 8.92. The molecule has 0 amide bonds. The number of aromatic nitrogens is 1. The highest BCUT2D eigenvalue weighted by atomic mass is 14.9. The molecule has 68 heavy (non-hydrogen) atoms. The van der Waals surface area contributed by atoms with Crippen LogP contribution in [0.5, 0.6) is 0 Å². The summed E-state index contributed by atoms with van der Waals surface area (Å²) in [6, 6.07) is 43.7. The van der Waals surface area contributed by atoms with E-state index >= 15 is 0 Å². The highest BCUT2D eigenvalue weighted by Gasteiger charge is 2.30. The SMILES string of the molecule is Bn1c(/C(=C2/CC(CC)C(c3ccc(-c4ccc(-c5c(C)cc(C)cc5C)cc4)cc3)=N2)c2c(C)cc(C)cc2C)cc(CC)c1C1=CCC=C(c2ccc(-c3c(C)cc(C)cc3C)cc2)C=C1. The normalized spacial score (nSPS) is 15.6. The third-order valence-corrected chi connectivity index (χ3v) is 14.7. The maximum Gasteiger partial charge on any atom is 0.223 e. The first-order chi connectivity index (χ1) is 32.7. The number of aryl methyl sites for hydroxylation is 10. The van der Waals surface area contributed by atoms with Gasteiger partial charge in [0.25, 0.3) is 0 Å². The fourth-order valence-electron chi connectivity index (χ4n) is 11.7. The molecular formula is C65H67BN2. The summed E-state index contributed by atoms with van der Waals surface area (Å²) in [4.78, 5) is 5.70. The van der Waals surface area contributed by atoms with Crippen molar-refractivity contribution in [3.63, 3.8) is 0 Å². The minimum Gasteiger partial charge on any atom is -0.393 e. The summed E-state index contributed by atoms with van der Waals surface area (Å²) in [5, 5.41) is 0. The second-order valence-electron chi connectivity index (χ2n) is 19.9. The van der Waals surface area contributed by atoms with Crippen LogP contribution in [0.3, 0.4) is 0 Å². The van der Waals surface area contributed by atoms with Gasteiger partial charge in [-0.3, -0.25) is 4.99 Å². The summed E-state index contributed by atoms with van der Waals surface area (Å²) >= 11 is 0. The molecule has 0 radical (unpaired) electrons. The fraction of sp³-hybridized carbons (Fsp3) is 0.246. The molecule has 6 aromatic carbocycles. The van der Waals surface area contributed by atoms with Crippen LogP contribution in [0.25, 0.3) is 50.1 Å². The summed E-state index contributed by atoms with van der Waals surface area (Å²) in [6.45, 7) is 24.6. The maximum atomic E-state index is 5.70. The molecule has 2 nitrogen and oxygen atoms in total. The van der Waals surface area contributed by atoms with Crippen molar-refractivity contribution < 1.29 is 0 Å². The van der Waals surface area contributed by atoms with Crippen molar-refractivity contribution in [2.75, 3.05) is 0 Å². The Bertz CT molecular complexity index is 3180. The molecule has 1 aliphatic carbocycles. The summed E-state index contributed by atoms with van der Waals surface area (Å²) in [5.74, 6) is 0.332. The predicted octanol–water partition coefficient (Wildman–Crippen LogP) is 16.3. The molecule has 1 aliphatic heterocycles. The number of benzene rings is 6. The number of hydrogen-bond acceptors (Lipinski definition) is 1. The first-order valence-electron chi connectivity index (χ1n) is 24.9. The van der Waals surface area contributed by atoms with Gasteiger partial charge < -0.3 is 4.48 Å². The van der Waals surface area contributed by atoms with E-state index in [0.717, 1.165) is 25.7 Å². The average molecular weight is 887 g/mol. The largest absolute Gasteiger partial charge is 0.393 e. The summed E-state index contributed by atoms with van der Waals surface area (Å²) < 4.78 is 2.47. The molecule has 2 aliphatic rings. The van der Waals surface area contributed by atoms with E-state index in [1.54, 1.807) is 0 Å². The van der Waals surface area contributed by atoms with Crippen LogP contribution in [0, 0.1) is 68.2 Å². The number of rotatable bonds is 10. The van der Waals surface area contributed by atoms with E-state index in [2.05, 4.69) is 228 Å². The van der Waals surface area contributed by atoms with Gasteiger partial charge in [-0.2, -0.15) is 0 Å². The van der Waals surface area contributed by atoms with E-state index in [-0.39, 0.29) is 0 Å². The molecular weight excluding hydrogens is 820 g/mol. The van der Waals surface area contributed by atoms with Crippen LogP contribution in [0.2, 0.25) is 0 Å². The zero-order valence-electron chi connectivity index (χ0n) is 42.6. The highest BCUT2D eigenvalue weighted by molar-refractivity contribution is 6.12. The Kier molecular flexibility index (Phi) is 13.0. The molecule has 7 aromatic rings. The van der Waals surface area contributed by atoms with Crippen molar-refractivity contribution in [3.05, 3.63) is 229 Å².